The van der Waals surface area contributed by atoms with Gasteiger partial charge >= 0.3 is 0 Å². The molecule has 31 heavy (non-hydrogen) atoms. The molecule has 0 aromatic heterocycles. The maximum atomic E-state index is 13.0. The highest BCUT2D eigenvalue weighted by Gasteiger charge is 2.32. The monoisotopic (exact) mass is 446 g/mol. The van der Waals surface area contributed by atoms with E-state index < -0.39 is 10.0 Å². The summed E-state index contributed by atoms with van der Waals surface area (Å²) in [5.74, 6) is 1.09. The Labute approximate surface area is 184 Å². The molecule has 0 aliphatic carbocycles. The predicted octanol–water partition coefficient (Wildman–Crippen LogP) is 3.87. The average molecular weight is 447 g/mol. The lowest BCUT2D eigenvalue weighted by Crippen LogP contribution is -2.41. The van der Waals surface area contributed by atoms with E-state index in [4.69, 9.17) is 9.47 Å². The fraction of sp³-hybridized carbons (Fsp3) is 0.435. The van der Waals surface area contributed by atoms with Gasteiger partial charge in [-0.15, -0.1) is 0 Å². The molecular weight excluding hydrogens is 416 g/mol. The van der Waals surface area contributed by atoms with Crippen molar-refractivity contribution in [3.8, 4) is 11.5 Å². The van der Waals surface area contributed by atoms with Crippen molar-refractivity contribution in [1.29, 1.82) is 0 Å². The van der Waals surface area contributed by atoms with Crippen LogP contribution in [0.2, 0.25) is 0 Å². The summed E-state index contributed by atoms with van der Waals surface area (Å²) >= 11 is 0. The predicted molar refractivity (Wildman–Crippen MR) is 120 cm³/mol. The highest BCUT2D eigenvalue weighted by atomic mass is 32.2. The lowest BCUT2D eigenvalue weighted by atomic mass is 9.97. The molecule has 2 aromatic carbocycles. The molecular formula is C23H30N2O5S. The minimum Gasteiger partial charge on any atom is -0.493 e. The number of ether oxygens (including phenoxy) is 2. The van der Waals surface area contributed by atoms with Crippen LogP contribution in [0.5, 0.6) is 11.5 Å². The molecule has 0 spiro atoms. The van der Waals surface area contributed by atoms with Crippen molar-refractivity contribution >= 4 is 21.6 Å². The Hall–Kier alpha value is -2.58. The maximum Gasteiger partial charge on any atom is 0.243 e. The number of carbonyl (C=O) groups is 1. The number of rotatable bonds is 7. The van der Waals surface area contributed by atoms with E-state index in [1.807, 2.05) is 12.1 Å². The summed E-state index contributed by atoms with van der Waals surface area (Å²) in [6.07, 6.45) is 0.949. The van der Waals surface area contributed by atoms with Crippen LogP contribution in [0.1, 0.15) is 38.2 Å². The molecule has 1 N–H and O–H groups in total. The van der Waals surface area contributed by atoms with Gasteiger partial charge in [-0.2, -0.15) is 4.31 Å². The number of nitrogens with one attached hydrogen (secondary N) is 1. The summed E-state index contributed by atoms with van der Waals surface area (Å²) in [6.45, 7) is 4.78. The Kier molecular flexibility index (Phi) is 7.23. The molecule has 0 bridgehead atoms. The molecule has 0 radical (unpaired) electrons. The Bertz CT molecular complexity index is 1010. The molecule has 168 valence electrons. The number of hydrogen-bond donors (Lipinski definition) is 1. The van der Waals surface area contributed by atoms with E-state index in [1.165, 1.54) is 11.4 Å². The van der Waals surface area contributed by atoms with Gasteiger partial charge in [0.25, 0.3) is 0 Å². The maximum absolute atomic E-state index is 13.0. The van der Waals surface area contributed by atoms with Crippen LogP contribution in [0.25, 0.3) is 0 Å². The van der Waals surface area contributed by atoms with Gasteiger partial charge in [0.05, 0.1) is 19.1 Å². The van der Waals surface area contributed by atoms with E-state index in [0.29, 0.717) is 53.9 Å². The van der Waals surface area contributed by atoms with E-state index >= 15 is 0 Å². The second-order valence-electron chi connectivity index (χ2n) is 7.96. The van der Waals surface area contributed by atoms with Crippen molar-refractivity contribution in [3.05, 3.63) is 48.0 Å². The standard InChI is InChI=1S/C23H30N2O5S/c1-16(2)17-5-8-20(9-6-17)31(27,28)25-13-11-18(12-14-25)23(26)24-19-7-10-21(29-3)22(15-19)30-4/h5-10,15-16,18H,11-14H2,1-4H3,(H,24,26). The van der Waals surface area contributed by atoms with Crippen LogP contribution in [0.3, 0.4) is 0 Å². The smallest absolute Gasteiger partial charge is 0.243 e. The minimum atomic E-state index is -3.56. The second kappa shape index (κ2) is 9.70. The molecule has 1 aliphatic heterocycles. The van der Waals surface area contributed by atoms with Crippen LogP contribution in [-0.2, 0) is 14.8 Å². The Morgan fingerprint density at radius 2 is 1.61 bits per heavy atom. The number of amides is 1. The summed E-state index contributed by atoms with van der Waals surface area (Å²) in [6, 6.07) is 12.2. The van der Waals surface area contributed by atoms with Crippen LogP contribution in [0, 0.1) is 5.92 Å². The Balaban J connectivity index is 1.61. The summed E-state index contributed by atoms with van der Waals surface area (Å²) in [5.41, 5.74) is 1.72. The van der Waals surface area contributed by atoms with Crippen LogP contribution in [-0.4, -0.2) is 45.9 Å². The van der Waals surface area contributed by atoms with Crippen LogP contribution < -0.4 is 14.8 Å². The molecule has 1 fully saturated rings. The molecule has 1 saturated heterocycles. The van der Waals surface area contributed by atoms with Gasteiger partial charge in [0.2, 0.25) is 15.9 Å². The first kappa shape index (κ1) is 23.1. The Morgan fingerprint density at radius 1 is 1.00 bits per heavy atom. The van der Waals surface area contributed by atoms with Gasteiger partial charge in [0, 0.05) is 30.8 Å². The lowest BCUT2D eigenvalue weighted by Gasteiger charge is -2.30. The number of methoxy groups -OCH3 is 2. The van der Waals surface area contributed by atoms with Crippen LogP contribution in [0.4, 0.5) is 5.69 Å². The largest absolute Gasteiger partial charge is 0.493 e. The molecule has 0 atom stereocenters. The third-order valence-electron chi connectivity index (χ3n) is 5.66. The zero-order valence-corrected chi connectivity index (χ0v) is 19.2. The molecule has 0 unspecified atom stereocenters. The first-order valence-corrected chi connectivity index (χ1v) is 11.8. The minimum absolute atomic E-state index is 0.120. The topological polar surface area (TPSA) is 84.9 Å². The first-order chi connectivity index (χ1) is 14.8. The Morgan fingerprint density at radius 3 is 2.16 bits per heavy atom. The molecule has 0 saturated carbocycles. The van der Waals surface area contributed by atoms with Gasteiger partial charge in [0.15, 0.2) is 11.5 Å². The number of carbonyl (C=O) groups excluding carboxylic acids is 1. The SMILES string of the molecule is COc1ccc(NC(=O)C2CCN(S(=O)(=O)c3ccc(C(C)C)cc3)CC2)cc1OC. The summed E-state index contributed by atoms with van der Waals surface area (Å²) in [5, 5.41) is 2.90. The van der Waals surface area contributed by atoms with Crippen LogP contribution in [0.15, 0.2) is 47.4 Å². The van der Waals surface area contributed by atoms with Crippen molar-refractivity contribution in [2.75, 3.05) is 32.6 Å². The average Bonchev–Trinajstić information content (AvgIpc) is 2.79. The number of anilines is 1. The molecule has 7 nitrogen and oxygen atoms in total. The van der Waals surface area contributed by atoms with Crippen molar-refractivity contribution < 1.29 is 22.7 Å². The van der Waals surface area contributed by atoms with E-state index in [-0.39, 0.29) is 11.8 Å². The molecule has 2 aromatic rings. The van der Waals surface area contributed by atoms with E-state index in [1.54, 1.807) is 37.4 Å². The number of hydrogen-bond acceptors (Lipinski definition) is 5. The summed E-state index contributed by atoms with van der Waals surface area (Å²) in [7, 11) is -0.468. The zero-order valence-electron chi connectivity index (χ0n) is 18.4. The molecule has 1 heterocycles. The molecule has 3 rings (SSSR count). The number of nitrogens with zero attached hydrogens (tertiary/aromatic N) is 1. The fourth-order valence-corrected chi connectivity index (χ4v) is 5.16. The normalized spacial score (nSPS) is 15.6. The number of piperidine rings is 1. The zero-order chi connectivity index (χ0) is 22.6. The van der Waals surface area contributed by atoms with Crippen molar-refractivity contribution in [3.63, 3.8) is 0 Å². The van der Waals surface area contributed by atoms with Gasteiger partial charge in [0.1, 0.15) is 0 Å². The summed E-state index contributed by atoms with van der Waals surface area (Å²) < 4.78 is 37.9. The van der Waals surface area contributed by atoms with Gasteiger partial charge in [-0.1, -0.05) is 26.0 Å². The van der Waals surface area contributed by atoms with Gasteiger partial charge in [-0.05, 0) is 48.6 Å². The second-order valence-corrected chi connectivity index (χ2v) is 9.90. The van der Waals surface area contributed by atoms with Gasteiger partial charge < -0.3 is 14.8 Å². The third-order valence-corrected chi connectivity index (χ3v) is 7.57. The van der Waals surface area contributed by atoms with Crippen molar-refractivity contribution in [2.45, 2.75) is 37.5 Å². The van der Waals surface area contributed by atoms with E-state index in [9.17, 15) is 13.2 Å². The van der Waals surface area contributed by atoms with Crippen molar-refractivity contribution in [2.24, 2.45) is 5.92 Å². The molecule has 1 aliphatic rings. The molecule has 8 heteroatoms. The lowest BCUT2D eigenvalue weighted by molar-refractivity contribution is -0.120. The number of sulfonamides is 1. The fourth-order valence-electron chi connectivity index (χ4n) is 3.69. The van der Waals surface area contributed by atoms with Crippen molar-refractivity contribution in [1.82, 2.24) is 4.31 Å². The van der Waals surface area contributed by atoms with E-state index in [0.717, 1.165) is 5.56 Å². The van der Waals surface area contributed by atoms with Gasteiger partial charge in [-0.3, -0.25) is 4.79 Å². The summed E-state index contributed by atoms with van der Waals surface area (Å²) in [4.78, 5) is 13.0. The third kappa shape index (κ3) is 5.19. The molecule has 1 amide bonds. The van der Waals surface area contributed by atoms with Gasteiger partial charge in [-0.25, -0.2) is 8.42 Å². The highest BCUT2D eigenvalue weighted by Crippen LogP contribution is 2.31. The first-order valence-electron chi connectivity index (χ1n) is 10.4. The quantitative estimate of drug-likeness (QED) is 0.698. The van der Waals surface area contributed by atoms with E-state index in [2.05, 4.69) is 19.2 Å². The highest BCUT2D eigenvalue weighted by molar-refractivity contribution is 7.89. The van der Waals surface area contributed by atoms with Crippen LogP contribution >= 0.6 is 0 Å². The number of benzene rings is 2.